The standard InChI is InChI=1S/C17H19N3O2S/c1-4-5-15-14(10-18-17(20-15)23-3)16(22)19-13-8-6-12(7-9-13)11(2)21/h6-10H,4-5H2,1-3H3,(H,19,22). The Balaban J connectivity index is 2.21. The molecule has 0 atom stereocenters. The molecule has 0 unspecified atom stereocenters. The summed E-state index contributed by atoms with van der Waals surface area (Å²) in [4.78, 5) is 32.3. The molecule has 0 aliphatic carbocycles. The minimum absolute atomic E-state index is 0.00540. The van der Waals surface area contributed by atoms with Gasteiger partial charge in [-0.05, 0) is 43.9 Å². The average molecular weight is 329 g/mol. The van der Waals surface area contributed by atoms with Crippen LogP contribution < -0.4 is 5.32 Å². The first kappa shape index (κ1) is 17.1. The van der Waals surface area contributed by atoms with Crippen LogP contribution in [0.3, 0.4) is 0 Å². The van der Waals surface area contributed by atoms with E-state index in [4.69, 9.17) is 0 Å². The zero-order valence-electron chi connectivity index (χ0n) is 13.4. The van der Waals surface area contributed by atoms with Crippen molar-refractivity contribution in [3.8, 4) is 0 Å². The fourth-order valence-corrected chi connectivity index (χ4v) is 2.46. The molecule has 1 amide bonds. The molecule has 120 valence electrons. The molecule has 2 rings (SSSR count). The molecule has 2 aromatic rings. The second kappa shape index (κ2) is 7.87. The van der Waals surface area contributed by atoms with Gasteiger partial charge in [-0.25, -0.2) is 9.97 Å². The van der Waals surface area contributed by atoms with E-state index in [9.17, 15) is 9.59 Å². The number of nitrogens with one attached hydrogen (secondary N) is 1. The van der Waals surface area contributed by atoms with E-state index in [2.05, 4.69) is 15.3 Å². The molecule has 0 aliphatic heterocycles. The van der Waals surface area contributed by atoms with Gasteiger partial charge in [-0.2, -0.15) is 0 Å². The van der Waals surface area contributed by atoms with E-state index in [1.165, 1.54) is 18.7 Å². The minimum atomic E-state index is -0.239. The van der Waals surface area contributed by atoms with Crippen LogP contribution in [0.25, 0.3) is 0 Å². The lowest BCUT2D eigenvalue weighted by molar-refractivity contribution is 0.101. The average Bonchev–Trinajstić information content (AvgIpc) is 2.55. The lowest BCUT2D eigenvalue weighted by Crippen LogP contribution is -2.16. The molecule has 0 radical (unpaired) electrons. The van der Waals surface area contributed by atoms with Crippen LogP contribution in [-0.4, -0.2) is 27.9 Å². The molecular weight excluding hydrogens is 310 g/mol. The smallest absolute Gasteiger partial charge is 0.259 e. The van der Waals surface area contributed by atoms with Crippen molar-refractivity contribution in [2.45, 2.75) is 31.8 Å². The van der Waals surface area contributed by atoms with Gasteiger partial charge >= 0.3 is 0 Å². The molecule has 0 saturated carbocycles. The molecule has 5 nitrogen and oxygen atoms in total. The van der Waals surface area contributed by atoms with Gasteiger partial charge in [-0.3, -0.25) is 9.59 Å². The Labute approximate surface area is 139 Å². The number of carbonyl (C=O) groups excluding carboxylic acids is 2. The third kappa shape index (κ3) is 4.39. The van der Waals surface area contributed by atoms with Gasteiger partial charge in [0.1, 0.15) is 0 Å². The Morgan fingerprint density at radius 1 is 1.22 bits per heavy atom. The van der Waals surface area contributed by atoms with Crippen molar-refractivity contribution in [1.82, 2.24) is 9.97 Å². The maximum absolute atomic E-state index is 12.5. The number of amides is 1. The highest BCUT2D eigenvalue weighted by molar-refractivity contribution is 7.98. The predicted molar refractivity (Wildman–Crippen MR) is 92.2 cm³/mol. The molecular formula is C17H19N3O2S. The molecule has 0 aliphatic rings. The molecule has 1 N–H and O–H groups in total. The Morgan fingerprint density at radius 3 is 2.48 bits per heavy atom. The number of rotatable bonds is 6. The molecule has 6 heteroatoms. The first-order chi connectivity index (χ1) is 11.0. The number of aryl methyl sites for hydroxylation is 1. The highest BCUT2D eigenvalue weighted by atomic mass is 32.2. The molecule has 1 aromatic heterocycles. The van der Waals surface area contributed by atoms with Gasteiger partial charge in [0, 0.05) is 17.4 Å². The van der Waals surface area contributed by atoms with Crippen molar-refractivity contribution in [1.29, 1.82) is 0 Å². The highest BCUT2D eigenvalue weighted by Crippen LogP contribution is 2.16. The molecule has 0 bridgehead atoms. The number of carbonyl (C=O) groups is 2. The summed E-state index contributed by atoms with van der Waals surface area (Å²) in [5.41, 5.74) is 2.49. The maximum atomic E-state index is 12.5. The summed E-state index contributed by atoms with van der Waals surface area (Å²) in [6.45, 7) is 3.55. The third-order valence-corrected chi connectivity index (χ3v) is 3.87. The van der Waals surface area contributed by atoms with E-state index in [1.807, 2.05) is 13.2 Å². The van der Waals surface area contributed by atoms with Crippen molar-refractivity contribution in [3.05, 3.63) is 47.3 Å². The van der Waals surface area contributed by atoms with E-state index < -0.39 is 0 Å². The molecule has 0 spiro atoms. The number of Topliss-reactive ketones (excluding diaryl/α,β-unsaturated/α-hetero) is 1. The molecule has 0 saturated heterocycles. The Morgan fingerprint density at radius 2 is 1.91 bits per heavy atom. The van der Waals surface area contributed by atoms with Crippen LogP contribution >= 0.6 is 11.8 Å². The molecule has 1 heterocycles. The SMILES string of the molecule is CCCc1nc(SC)ncc1C(=O)Nc1ccc(C(C)=O)cc1. The van der Waals surface area contributed by atoms with E-state index in [0.717, 1.165) is 18.5 Å². The maximum Gasteiger partial charge on any atom is 0.259 e. The van der Waals surface area contributed by atoms with Crippen molar-refractivity contribution < 1.29 is 9.59 Å². The van der Waals surface area contributed by atoms with Crippen molar-refractivity contribution in [2.75, 3.05) is 11.6 Å². The first-order valence-electron chi connectivity index (χ1n) is 7.37. The summed E-state index contributed by atoms with van der Waals surface area (Å²) in [7, 11) is 0. The van der Waals surface area contributed by atoms with Crippen LogP contribution in [0.4, 0.5) is 5.69 Å². The second-order valence-corrected chi connectivity index (χ2v) is 5.83. The number of aromatic nitrogens is 2. The lowest BCUT2D eigenvalue weighted by atomic mass is 10.1. The number of hydrogen-bond acceptors (Lipinski definition) is 5. The topological polar surface area (TPSA) is 72.0 Å². The van der Waals surface area contributed by atoms with Crippen LogP contribution in [0.2, 0.25) is 0 Å². The summed E-state index contributed by atoms with van der Waals surface area (Å²) in [5, 5.41) is 3.49. The van der Waals surface area contributed by atoms with Crippen molar-refractivity contribution >= 4 is 29.1 Å². The van der Waals surface area contributed by atoms with E-state index in [1.54, 1.807) is 30.5 Å². The Bertz CT molecular complexity index is 714. The zero-order chi connectivity index (χ0) is 16.8. The second-order valence-electron chi connectivity index (χ2n) is 5.05. The Kier molecular flexibility index (Phi) is 5.87. The van der Waals surface area contributed by atoms with Crippen LogP contribution in [0.15, 0.2) is 35.6 Å². The van der Waals surface area contributed by atoms with E-state index in [-0.39, 0.29) is 11.7 Å². The summed E-state index contributed by atoms with van der Waals surface area (Å²) >= 11 is 1.45. The summed E-state index contributed by atoms with van der Waals surface area (Å²) in [5.74, 6) is -0.245. The Hall–Kier alpha value is -2.21. The number of benzene rings is 1. The number of ketones is 1. The predicted octanol–water partition coefficient (Wildman–Crippen LogP) is 3.61. The van der Waals surface area contributed by atoms with Gasteiger partial charge in [0.2, 0.25) is 0 Å². The number of hydrogen-bond donors (Lipinski definition) is 1. The number of nitrogens with zero attached hydrogens (tertiary/aromatic N) is 2. The largest absolute Gasteiger partial charge is 0.322 e. The van der Waals surface area contributed by atoms with E-state index >= 15 is 0 Å². The van der Waals surface area contributed by atoms with Gasteiger partial charge in [-0.1, -0.05) is 25.1 Å². The summed E-state index contributed by atoms with van der Waals surface area (Å²) < 4.78 is 0. The molecule has 1 aromatic carbocycles. The van der Waals surface area contributed by atoms with Gasteiger partial charge in [0.05, 0.1) is 11.3 Å². The van der Waals surface area contributed by atoms with Gasteiger partial charge < -0.3 is 5.32 Å². The van der Waals surface area contributed by atoms with Crippen molar-refractivity contribution in [3.63, 3.8) is 0 Å². The number of thioether (sulfide) groups is 1. The zero-order valence-corrected chi connectivity index (χ0v) is 14.2. The lowest BCUT2D eigenvalue weighted by Gasteiger charge is -2.10. The monoisotopic (exact) mass is 329 g/mol. The van der Waals surface area contributed by atoms with Crippen LogP contribution in [0.5, 0.6) is 0 Å². The normalized spacial score (nSPS) is 10.4. The fourth-order valence-electron chi connectivity index (χ4n) is 2.10. The fraction of sp³-hybridized carbons (Fsp3) is 0.294. The van der Waals surface area contributed by atoms with Crippen LogP contribution in [-0.2, 0) is 6.42 Å². The molecule has 23 heavy (non-hydrogen) atoms. The summed E-state index contributed by atoms with van der Waals surface area (Å²) in [6.07, 6.45) is 5.10. The van der Waals surface area contributed by atoms with Crippen LogP contribution in [0, 0.1) is 0 Å². The van der Waals surface area contributed by atoms with Crippen molar-refractivity contribution in [2.24, 2.45) is 0 Å². The van der Waals surface area contributed by atoms with Crippen LogP contribution in [0.1, 0.15) is 46.7 Å². The van der Waals surface area contributed by atoms with E-state index in [0.29, 0.717) is 22.0 Å². The summed E-state index contributed by atoms with van der Waals surface area (Å²) in [6, 6.07) is 6.81. The first-order valence-corrected chi connectivity index (χ1v) is 8.60. The minimum Gasteiger partial charge on any atom is -0.322 e. The van der Waals surface area contributed by atoms with Gasteiger partial charge in [0.15, 0.2) is 10.9 Å². The van der Waals surface area contributed by atoms with Gasteiger partial charge in [-0.15, -0.1) is 0 Å². The van der Waals surface area contributed by atoms with Gasteiger partial charge in [0.25, 0.3) is 5.91 Å². The highest BCUT2D eigenvalue weighted by Gasteiger charge is 2.14. The quantitative estimate of drug-likeness (QED) is 0.498. The number of anilines is 1. The molecule has 0 fully saturated rings. The third-order valence-electron chi connectivity index (χ3n) is 3.31.